The Morgan fingerprint density at radius 3 is 2.50 bits per heavy atom. The Kier molecular flexibility index (Phi) is 1.47. The Bertz CT molecular complexity index is 515. The smallest absolute Gasteiger partial charge is 0.204 e. The van der Waals surface area contributed by atoms with Crippen molar-refractivity contribution in [2.75, 3.05) is 0 Å². The van der Waals surface area contributed by atoms with Gasteiger partial charge in [0.15, 0.2) is 0 Å². The molecule has 0 fully saturated rings. The van der Waals surface area contributed by atoms with Crippen LogP contribution >= 0.6 is 0 Å². The highest BCUT2D eigenvalue weighted by molar-refractivity contribution is 5.79. The van der Waals surface area contributed by atoms with Crippen LogP contribution in [0.4, 0.5) is 0 Å². The van der Waals surface area contributed by atoms with Gasteiger partial charge in [0.25, 0.3) is 0 Å². The molecule has 0 saturated carbocycles. The standard InChI is InChI=1S/C12H9NO/c1-2-6-11-10(5-1)9-12(14-11)13-7-3-4-8-13/h1-9H. The fraction of sp³-hybridized carbons (Fsp3) is 0. The lowest BCUT2D eigenvalue weighted by atomic mass is 10.3. The van der Waals surface area contributed by atoms with E-state index in [1.54, 1.807) is 0 Å². The molecule has 0 radical (unpaired) electrons. The number of hydrogen-bond donors (Lipinski definition) is 0. The van der Waals surface area contributed by atoms with Crippen molar-refractivity contribution in [3.8, 4) is 5.88 Å². The van der Waals surface area contributed by atoms with Crippen LogP contribution in [-0.4, -0.2) is 4.57 Å². The van der Waals surface area contributed by atoms with Gasteiger partial charge in [-0.05, 0) is 18.2 Å². The zero-order valence-corrected chi connectivity index (χ0v) is 7.55. The van der Waals surface area contributed by atoms with Crippen LogP contribution in [0.25, 0.3) is 16.9 Å². The number of fused-ring (bicyclic) bond motifs is 1. The number of aromatic nitrogens is 1. The van der Waals surface area contributed by atoms with Crippen molar-refractivity contribution in [2.24, 2.45) is 0 Å². The lowest BCUT2D eigenvalue weighted by Gasteiger charge is -1.93. The molecule has 2 heterocycles. The summed E-state index contributed by atoms with van der Waals surface area (Å²) in [6.07, 6.45) is 3.94. The zero-order chi connectivity index (χ0) is 9.38. The molecular formula is C12H9NO. The van der Waals surface area contributed by atoms with Gasteiger partial charge in [0.2, 0.25) is 5.88 Å². The van der Waals surface area contributed by atoms with Crippen molar-refractivity contribution in [1.29, 1.82) is 0 Å². The Balaban J connectivity index is 2.24. The van der Waals surface area contributed by atoms with Crippen LogP contribution in [0.5, 0.6) is 0 Å². The highest BCUT2D eigenvalue weighted by Gasteiger charge is 2.02. The van der Waals surface area contributed by atoms with Gasteiger partial charge in [0.1, 0.15) is 5.58 Å². The molecule has 68 valence electrons. The summed E-state index contributed by atoms with van der Waals surface area (Å²) in [5.74, 6) is 0.858. The molecule has 2 aromatic heterocycles. The van der Waals surface area contributed by atoms with Crippen molar-refractivity contribution < 1.29 is 4.42 Å². The van der Waals surface area contributed by atoms with E-state index in [1.165, 1.54) is 0 Å². The Morgan fingerprint density at radius 1 is 0.929 bits per heavy atom. The molecule has 3 aromatic rings. The number of hydrogen-bond acceptors (Lipinski definition) is 1. The second-order valence-corrected chi connectivity index (χ2v) is 3.21. The highest BCUT2D eigenvalue weighted by Crippen LogP contribution is 2.21. The van der Waals surface area contributed by atoms with Crippen LogP contribution in [0.1, 0.15) is 0 Å². The fourth-order valence-corrected chi connectivity index (χ4v) is 1.58. The van der Waals surface area contributed by atoms with E-state index in [2.05, 4.69) is 0 Å². The molecule has 0 amide bonds. The van der Waals surface area contributed by atoms with E-state index in [9.17, 15) is 0 Å². The summed E-state index contributed by atoms with van der Waals surface area (Å²) in [7, 11) is 0. The molecule has 0 aliphatic carbocycles. The van der Waals surface area contributed by atoms with E-state index in [1.807, 2.05) is 59.4 Å². The lowest BCUT2D eigenvalue weighted by Crippen LogP contribution is -1.83. The summed E-state index contributed by atoms with van der Waals surface area (Å²) in [6, 6.07) is 14.0. The monoisotopic (exact) mass is 183 g/mol. The van der Waals surface area contributed by atoms with Crippen LogP contribution in [0.3, 0.4) is 0 Å². The third-order valence-electron chi connectivity index (χ3n) is 2.27. The van der Waals surface area contributed by atoms with Gasteiger partial charge in [0.05, 0.1) is 0 Å². The Morgan fingerprint density at radius 2 is 1.71 bits per heavy atom. The van der Waals surface area contributed by atoms with Gasteiger partial charge in [0, 0.05) is 23.8 Å². The van der Waals surface area contributed by atoms with Crippen LogP contribution < -0.4 is 0 Å². The molecule has 0 unspecified atom stereocenters. The second-order valence-electron chi connectivity index (χ2n) is 3.21. The maximum Gasteiger partial charge on any atom is 0.204 e. The van der Waals surface area contributed by atoms with Crippen molar-refractivity contribution in [3.63, 3.8) is 0 Å². The first-order chi connectivity index (χ1) is 6.93. The molecule has 0 aliphatic heterocycles. The van der Waals surface area contributed by atoms with E-state index in [0.29, 0.717) is 0 Å². The summed E-state index contributed by atoms with van der Waals surface area (Å²) in [5.41, 5.74) is 0.927. The predicted octanol–water partition coefficient (Wildman–Crippen LogP) is 3.22. The van der Waals surface area contributed by atoms with E-state index >= 15 is 0 Å². The number of furan rings is 1. The van der Waals surface area contributed by atoms with E-state index < -0.39 is 0 Å². The maximum absolute atomic E-state index is 5.68. The molecule has 2 nitrogen and oxygen atoms in total. The lowest BCUT2D eigenvalue weighted by molar-refractivity contribution is 0.581. The van der Waals surface area contributed by atoms with Crippen LogP contribution in [0.15, 0.2) is 59.3 Å². The molecule has 3 rings (SSSR count). The third kappa shape index (κ3) is 1.04. The highest BCUT2D eigenvalue weighted by atomic mass is 16.3. The SMILES string of the molecule is c1ccc2oc(-n3cccc3)cc2c1. The Hall–Kier alpha value is -1.96. The summed E-state index contributed by atoms with van der Waals surface area (Å²) in [4.78, 5) is 0. The van der Waals surface area contributed by atoms with Crippen molar-refractivity contribution in [3.05, 3.63) is 54.9 Å². The number of nitrogens with zero attached hydrogens (tertiary/aromatic N) is 1. The first-order valence-corrected chi connectivity index (χ1v) is 4.55. The van der Waals surface area contributed by atoms with E-state index in [-0.39, 0.29) is 0 Å². The van der Waals surface area contributed by atoms with Crippen molar-refractivity contribution >= 4 is 11.0 Å². The summed E-state index contributed by atoms with van der Waals surface area (Å²) >= 11 is 0. The molecule has 0 aliphatic rings. The second kappa shape index (κ2) is 2.77. The molecule has 0 N–H and O–H groups in total. The van der Waals surface area contributed by atoms with Gasteiger partial charge >= 0.3 is 0 Å². The number of benzene rings is 1. The Labute approximate surface area is 81.4 Å². The van der Waals surface area contributed by atoms with Gasteiger partial charge in [-0.3, -0.25) is 4.57 Å². The average molecular weight is 183 g/mol. The fourth-order valence-electron chi connectivity index (χ4n) is 1.58. The molecule has 1 aromatic carbocycles. The minimum atomic E-state index is 0.858. The average Bonchev–Trinajstić information content (AvgIpc) is 2.86. The normalized spacial score (nSPS) is 10.9. The molecule has 2 heteroatoms. The zero-order valence-electron chi connectivity index (χ0n) is 7.55. The predicted molar refractivity (Wildman–Crippen MR) is 55.5 cm³/mol. The number of rotatable bonds is 1. The molecule has 0 spiro atoms. The molecule has 0 atom stereocenters. The molecular weight excluding hydrogens is 174 g/mol. The summed E-state index contributed by atoms with van der Waals surface area (Å²) in [6.45, 7) is 0. The van der Waals surface area contributed by atoms with Crippen LogP contribution in [0.2, 0.25) is 0 Å². The van der Waals surface area contributed by atoms with Crippen molar-refractivity contribution in [2.45, 2.75) is 0 Å². The molecule has 0 saturated heterocycles. The van der Waals surface area contributed by atoms with Gasteiger partial charge in [-0.15, -0.1) is 0 Å². The van der Waals surface area contributed by atoms with Gasteiger partial charge in [-0.2, -0.15) is 0 Å². The van der Waals surface area contributed by atoms with Crippen molar-refractivity contribution in [1.82, 2.24) is 4.57 Å². The maximum atomic E-state index is 5.68. The molecule has 0 bridgehead atoms. The van der Waals surface area contributed by atoms with Crippen LogP contribution in [0, 0.1) is 0 Å². The number of para-hydroxylation sites is 1. The first-order valence-electron chi connectivity index (χ1n) is 4.55. The van der Waals surface area contributed by atoms with Gasteiger partial charge < -0.3 is 4.42 Å². The molecule has 14 heavy (non-hydrogen) atoms. The van der Waals surface area contributed by atoms with Crippen LogP contribution in [-0.2, 0) is 0 Å². The summed E-state index contributed by atoms with van der Waals surface area (Å²) in [5, 5.41) is 1.14. The minimum Gasteiger partial charge on any atom is -0.440 e. The minimum absolute atomic E-state index is 0.858. The van der Waals surface area contributed by atoms with E-state index in [4.69, 9.17) is 4.42 Å². The van der Waals surface area contributed by atoms with Gasteiger partial charge in [-0.1, -0.05) is 18.2 Å². The quantitative estimate of drug-likeness (QED) is 0.566. The third-order valence-corrected chi connectivity index (χ3v) is 2.27. The largest absolute Gasteiger partial charge is 0.440 e. The summed E-state index contributed by atoms with van der Waals surface area (Å²) < 4.78 is 7.63. The van der Waals surface area contributed by atoms with E-state index in [0.717, 1.165) is 16.9 Å². The topological polar surface area (TPSA) is 18.1 Å². The first kappa shape index (κ1) is 7.44. The van der Waals surface area contributed by atoms with Gasteiger partial charge in [-0.25, -0.2) is 0 Å².